The molecule has 0 aliphatic rings. The van der Waals surface area contributed by atoms with Gasteiger partial charge in [0.15, 0.2) is 5.69 Å². The number of carbonyl (C=O) groups is 1. The SMILES string of the molecule is O=C(O)c1nn(-c2cccc(C(F)(F)F)c2)cc1CCO. The molecule has 8 heteroatoms. The number of carboxylic acids is 1. The van der Waals surface area contributed by atoms with E-state index in [-0.39, 0.29) is 30.0 Å². The molecule has 5 nitrogen and oxygen atoms in total. The van der Waals surface area contributed by atoms with E-state index in [1.807, 2.05) is 0 Å². The van der Waals surface area contributed by atoms with Crippen molar-refractivity contribution in [3.63, 3.8) is 0 Å². The Morgan fingerprint density at radius 3 is 2.62 bits per heavy atom. The first-order valence-corrected chi connectivity index (χ1v) is 5.93. The predicted octanol–water partition coefficient (Wildman–Crippen LogP) is 2.12. The fraction of sp³-hybridized carbons (Fsp3) is 0.231. The van der Waals surface area contributed by atoms with Crippen molar-refractivity contribution in [2.75, 3.05) is 6.61 Å². The molecular weight excluding hydrogens is 289 g/mol. The molecular formula is C13H11F3N2O3. The summed E-state index contributed by atoms with van der Waals surface area (Å²) in [6.07, 6.45) is -3.14. The summed E-state index contributed by atoms with van der Waals surface area (Å²) in [5, 5.41) is 21.6. The van der Waals surface area contributed by atoms with Gasteiger partial charge in [-0.2, -0.15) is 18.3 Å². The molecule has 1 heterocycles. The zero-order valence-electron chi connectivity index (χ0n) is 10.6. The van der Waals surface area contributed by atoms with Crippen LogP contribution in [-0.2, 0) is 12.6 Å². The second kappa shape index (κ2) is 5.57. The second-order valence-electron chi connectivity index (χ2n) is 4.27. The lowest BCUT2D eigenvalue weighted by Crippen LogP contribution is -2.07. The molecule has 21 heavy (non-hydrogen) atoms. The van der Waals surface area contributed by atoms with Gasteiger partial charge < -0.3 is 10.2 Å². The second-order valence-corrected chi connectivity index (χ2v) is 4.27. The molecule has 0 radical (unpaired) electrons. The number of alkyl halides is 3. The van der Waals surface area contributed by atoms with Crippen LogP contribution in [0.1, 0.15) is 21.6 Å². The minimum absolute atomic E-state index is 0.0561. The number of aromatic nitrogens is 2. The molecule has 112 valence electrons. The normalized spacial score (nSPS) is 11.6. The first kappa shape index (κ1) is 15.0. The van der Waals surface area contributed by atoms with Crippen LogP contribution in [0, 0.1) is 0 Å². The summed E-state index contributed by atoms with van der Waals surface area (Å²) < 4.78 is 39.0. The van der Waals surface area contributed by atoms with Crippen LogP contribution in [0.15, 0.2) is 30.5 Å². The van der Waals surface area contributed by atoms with E-state index < -0.39 is 17.7 Å². The Balaban J connectivity index is 2.47. The van der Waals surface area contributed by atoms with Crippen LogP contribution in [0.5, 0.6) is 0 Å². The average molecular weight is 300 g/mol. The predicted molar refractivity (Wildman–Crippen MR) is 66.3 cm³/mol. The van der Waals surface area contributed by atoms with Crippen molar-refractivity contribution in [3.8, 4) is 5.69 Å². The molecule has 0 aliphatic heterocycles. The van der Waals surface area contributed by atoms with Gasteiger partial charge in [0.1, 0.15) is 0 Å². The van der Waals surface area contributed by atoms with E-state index in [2.05, 4.69) is 5.10 Å². The highest BCUT2D eigenvalue weighted by Gasteiger charge is 2.30. The Bertz CT molecular complexity index is 665. The first-order valence-electron chi connectivity index (χ1n) is 5.93. The fourth-order valence-electron chi connectivity index (χ4n) is 1.85. The number of aliphatic hydroxyl groups excluding tert-OH is 1. The number of rotatable bonds is 4. The highest BCUT2D eigenvalue weighted by molar-refractivity contribution is 5.87. The molecule has 0 saturated heterocycles. The van der Waals surface area contributed by atoms with Crippen molar-refractivity contribution in [1.82, 2.24) is 9.78 Å². The Morgan fingerprint density at radius 2 is 2.05 bits per heavy atom. The fourth-order valence-corrected chi connectivity index (χ4v) is 1.85. The number of nitrogens with zero attached hydrogens (tertiary/aromatic N) is 2. The lowest BCUT2D eigenvalue weighted by atomic mass is 10.2. The molecule has 0 spiro atoms. The Kier molecular flexibility index (Phi) is 3.99. The maximum atomic E-state index is 12.7. The van der Waals surface area contributed by atoms with Crippen LogP contribution in [0.4, 0.5) is 13.2 Å². The molecule has 0 saturated carbocycles. The number of carboxylic acid groups (broad SMARTS) is 1. The van der Waals surface area contributed by atoms with Crippen molar-refractivity contribution in [2.45, 2.75) is 12.6 Å². The highest BCUT2D eigenvalue weighted by atomic mass is 19.4. The van der Waals surface area contributed by atoms with Gasteiger partial charge in [0.25, 0.3) is 0 Å². The van der Waals surface area contributed by atoms with Crippen LogP contribution in [0.3, 0.4) is 0 Å². The molecule has 0 aliphatic carbocycles. The number of hydrogen-bond donors (Lipinski definition) is 2. The zero-order chi connectivity index (χ0) is 15.6. The summed E-state index contributed by atoms with van der Waals surface area (Å²) in [5.74, 6) is -1.30. The van der Waals surface area contributed by atoms with E-state index in [1.165, 1.54) is 18.3 Å². The van der Waals surface area contributed by atoms with Gasteiger partial charge in [0, 0.05) is 18.4 Å². The topological polar surface area (TPSA) is 75.3 Å². The van der Waals surface area contributed by atoms with Crippen molar-refractivity contribution in [1.29, 1.82) is 0 Å². The van der Waals surface area contributed by atoms with Crippen LogP contribution >= 0.6 is 0 Å². The average Bonchev–Trinajstić information content (AvgIpc) is 2.83. The summed E-state index contributed by atoms with van der Waals surface area (Å²) in [4.78, 5) is 11.0. The van der Waals surface area contributed by atoms with Crippen LogP contribution in [0.2, 0.25) is 0 Å². The molecule has 2 N–H and O–H groups in total. The van der Waals surface area contributed by atoms with Crippen LogP contribution in [0.25, 0.3) is 5.69 Å². The lowest BCUT2D eigenvalue weighted by Gasteiger charge is -2.08. The third-order valence-corrected chi connectivity index (χ3v) is 2.81. The van der Waals surface area contributed by atoms with Crippen molar-refractivity contribution in [2.24, 2.45) is 0 Å². The summed E-state index contributed by atoms with van der Waals surface area (Å²) in [7, 11) is 0. The minimum atomic E-state index is -4.49. The Morgan fingerprint density at radius 1 is 1.33 bits per heavy atom. The van der Waals surface area contributed by atoms with Gasteiger partial charge in [-0.15, -0.1) is 0 Å². The molecule has 0 fully saturated rings. The molecule has 2 aromatic rings. The quantitative estimate of drug-likeness (QED) is 0.907. The van der Waals surface area contributed by atoms with E-state index >= 15 is 0 Å². The molecule has 0 amide bonds. The number of hydrogen-bond acceptors (Lipinski definition) is 3. The Labute approximate surface area is 117 Å². The van der Waals surface area contributed by atoms with Gasteiger partial charge in [-0.3, -0.25) is 0 Å². The molecule has 1 aromatic carbocycles. The lowest BCUT2D eigenvalue weighted by molar-refractivity contribution is -0.137. The summed E-state index contributed by atoms with van der Waals surface area (Å²) in [6.45, 7) is -0.283. The van der Waals surface area contributed by atoms with Gasteiger partial charge >= 0.3 is 12.1 Å². The number of aliphatic hydroxyl groups is 1. The van der Waals surface area contributed by atoms with Gasteiger partial charge in [-0.25, -0.2) is 9.48 Å². The zero-order valence-corrected chi connectivity index (χ0v) is 10.6. The van der Waals surface area contributed by atoms with Crippen molar-refractivity contribution in [3.05, 3.63) is 47.3 Å². The standard InChI is InChI=1S/C13H11F3N2O3/c14-13(15,16)9-2-1-3-10(6-9)18-7-8(4-5-19)11(17-18)12(20)21/h1-3,6-7,19H,4-5H2,(H,20,21). The van der Waals surface area contributed by atoms with Gasteiger partial charge in [-0.1, -0.05) is 6.07 Å². The monoisotopic (exact) mass is 300 g/mol. The smallest absolute Gasteiger partial charge is 0.416 e. The first-order chi connectivity index (χ1) is 9.82. The maximum absolute atomic E-state index is 12.7. The number of halogens is 3. The third kappa shape index (κ3) is 3.22. The maximum Gasteiger partial charge on any atom is 0.416 e. The number of benzene rings is 1. The molecule has 0 bridgehead atoms. The van der Waals surface area contributed by atoms with E-state index in [1.54, 1.807) is 0 Å². The van der Waals surface area contributed by atoms with E-state index in [9.17, 15) is 18.0 Å². The van der Waals surface area contributed by atoms with Crippen molar-refractivity contribution < 1.29 is 28.2 Å². The molecule has 1 aromatic heterocycles. The van der Waals surface area contributed by atoms with Gasteiger partial charge in [0.2, 0.25) is 0 Å². The van der Waals surface area contributed by atoms with E-state index in [0.29, 0.717) is 0 Å². The summed E-state index contributed by atoms with van der Waals surface area (Å²) in [5.41, 5.74) is -0.795. The van der Waals surface area contributed by atoms with Crippen molar-refractivity contribution >= 4 is 5.97 Å². The molecule has 0 atom stereocenters. The minimum Gasteiger partial charge on any atom is -0.476 e. The number of aromatic carboxylic acids is 1. The molecule has 2 rings (SSSR count). The van der Waals surface area contributed by atoms with Gasteiger partial charge in [-0.05, 0) is 24.6 Å². The summed E-state index contributed by atoms with van der Waals surface area (Å²) >= 11 is 0. The largest absolute Gasteiger partial charge is 0.476 e. The van der Waals surface area contributed by atoms with Gasteiger partial charge in [0.05, 0.1) is 11.3 Å². The van der Waals surface area contributed by atoms with E-state index in [0.717, 1.165) is 16.8 Å². The van der Waals surface area contributed by atoms with E-state index in [4.69, 9.17) is 10.2 Å². The molecule has 0 unspecified atom stereocenters. The third-order valence-electron chi connectivity index (χ3n) is 2.81. The Hall–Kier alpha value is -2.35. The van der Waals surface area contributed by atoms with Crippen LogP contribution in [-0.4, -0.2) is 32.6 Å². The highest BCUT2D eigenvalue weighted by Crippen LogP contribution is 2.30. The summed E-state index contributed by atoms with van der Waals surface area (Å²) in [6, 6.07) is 4.39. The van der Waals surface area contributed by atoms with Crippen LogP contribution < -0.4 is 0 Å².